The van der Waals surface area contributed by atoms with E-state index in [-0.39, 0.29) is 0 Å². The summed E-state index contributed by atoms with van der Waals surface area (Å²) in [6, 6.07) is 11.3. The van der Waals surface area contributed by atoms with Crippen LogP contribution in [0.1, 0.15) is 24.8 Å². The molecule has 0 aliphatic rings. The summed E-state index contributed by atoms with van der Waals surface area (Å²) in [6.07, 6.45) is 6.64. The van der Waals surface area contributed by atoms with Gasteiger partial charge < -0.3 is 5.32 Å². The van der Waals surface area contributed by atoms with Crippen molar-refractivity contribution in [2.75, 3.05) is 7.05 Å². The number of nitrogens with one attached hydrogen (secondary N) is 1. The van der Waals surface area contributed by atoms with Gasteiger partial charge >= 0.3 is 0 Å². The second-order valence-electron chi connectivity index (χ2n) is 3.88. The van der Waals surface area contributed by atoms with Gasteiger partial charge in [-0.1, -0.05) is 36.4 Å². The molecule has 82 valence electrons. The van der Waals surface area contributed by atoms with E-state index >= 15 is 0 Å². The molecular weight excluding hydrogens is 182 g/mol. The molecule has 1 unspecified atom stereocenters. The molecule has 0 aromatic heterocycles. The van der Waals surface area contributed by atoms with Gasteiger partial charge in [0.2, 0.25) is 0 Å². The quantitative estimate of drug-likeness (QED) is 0.671. The van der Waals surface area contributed by atoms with Crippen molar-refractivity contribution < 1.29 is 0 Å². The maximum absolute atomic E-state index is 3.76. The van der Waals surface area contributed by atoms with Crippen molar-refractivity contribution in [3.05, 3.63) is 48.6 Å². The molecule has 0 spiro atoms. The summed E-state index contributed by atoms with van der Waals surface area (Å²) in [4.78, 5) is 0. The third kappa shape index (κ3) is 4.80. The minimum Gasteiger partial charge on any atom is -0.317 e. The Morgan fingerprint density at radius 3 is 2.60 bits per heavy atom. The van der Waals surface area contributed by atoms with Gasteiger partial charge in [0, 0.05) is 6.04 Å². The second-order valence-corrected chi connectivity index (χ2v) is 3.88. The third-order valence-electron chi connectivity index (χ3n) is 2.75. The van der Waals surface area contributed by atoms with Crippen LogP contribution in [0.25, 0.3) is 0 Å². The van der Waals surface area contributed by atoms with E-state index in [1.807, 2.05) is 13.1 Å². The van der Waals surface area contributed by atoms with Crippen molar-refractivity contribution in [1.82, 2.24) is 5.32 Å². The van der Waals surface area contributed by atoms with E-state index in [1.165, 1.54) is 18.4 Å². The summed E-state index contributed by atoms with van der Waals surface area (Å²) in [6.45, 7) is 3.76. The van der Waals surface area contributed by atoms with Crippen LogP contribution in [0.2, 0.25) is 0 Å². The molecule has 1 aromatic rings. The fraction of sp³-hybridized carbons (Fsp3) is 0.429. The summed E-state index contributed by atoms with van der Waals surface area (Å²) >= 11 is 0. The first-order valence-corrected chi connectivity index (χ1v) is 5.69. The van der Waals surface area contributed by atoms with E-state index in [1.54, 1.807) is 0 Å². The second kappa shape index (κ2) is 7.24. The molecule has 0 amide bonds. The van der Waals surface area contributed by atoms with Crippen LogP contribution >= 0.6 is 0 Å². The summed E-state index contributed by atoms with van der Waals surface area (Å²) in [5.41, 5.74) is 1.43. The molecule has 0 aliphatic carbocycles. The number of rotatable bonds is 7. The molecule has 0 saturated heterocycles. The highest BCUT2D eigenvalue weighted by atomic mass is 14.9. The molecule has 1 aromatic carbocycles. The van der Waals surface area contributed by atoms with Gasteiger partial charge in [-0.25, -0.2) is 0 Å². The van der Waals surface area contributed by atoms with E-state index in [0.717, 1.165) is 12.8 Å². The molecule has 1 heteroatoms. The molecule has 1 N–H and O–H groups in total. The molecule has 0 fully saturated rings. The molecule has 0 heterocycles. The average molecular weight is 203 g/mol. The molecule has 0 saturated carbocycles. The zero-order chi connectivity index (χ0) is 10.9. The van der Waals surface area contributed by atoms with Crippen LogP contribution in [0, 0.1) is 0 Å². The molecule has 0 bridgehead atoms. The Morgan fingerprint density at radius 2 is 2.00 bits per heavy atom. The molecule has 0 aliphatic heterocycles. The Balaban J connectivity index is 2.31. The van der Waals surface area contributed by atoms with Gasteiger partial charge in [0.1, 0.15) is 0 Å². The molecular formula is C14H21N. The maximum atomic E-state index is 3.76. The minimum absolute atomic E-state index is 0.614. The fourth-order valence-corrected chi connectivity index (χ4v) is 1.74. The highest BCUT2D eigenvalue weighted by Gasteiger charge is 2.04. The zero-order valence-electron chi connectivity index (χ0n) is 9.58. The van der Waals surface area contributed by atoms with Gasteiger partial charge in [0.15, 0.2) is 0 Å². The number of hydrogen-bond donors (Lipinski definition) is 1. The van der Waals surface area contributed by atoms with Crippen molar-refractivity contribution >= 4 is 0 Å². The van der Waals surface area contributed by atoms with Gasteiger partial charge in [-0.2, -0.15) is 0 Å². The van der Waals surface area contributed by atoms with Crippen LogP contribution in [-0.4, -0.2) is 13.1 Å². The molecule has 1 rings (SSSR count). The molecule has 15 heavy (non-hydrogen) atoms. The Kier molecular flexibility index (Phi) is 5.79. The van der Waals surface area contributed by atoms with Gasteiger partial charge in [0.05, 0.1) is 0 Å². The molecule has 0 radical (unpaired) electrons. The monoisotopic (exact) mass is 203 g/mol. The number of allylic oxidation sites excluding steroid dienone is 1. The highest BCUT2D eigenvalue weighted by Crippen LogP contribution is 2.08. The van der Waals surface area contributed by atoms with E-state index in [9.17, 15) is 0 Å². The van der Waals surface area contributed by atoms with Gasteiger partial charge in [-0.15, -0.1) is 6.58 Å². The summed E-state index contributed by atoms with van der Waals surface area (Å²) in [5, 5.41) is 3.36. The van der Waals surface area contributed by atoms with Crippen LogP contribution in [0.4, 0.5) is 0 Å². The summed E-state index contributed by atoms with van der Waals surface area (Å²) < 4.78 is 0. The van der Waals surface area contributed by atoms with Crippen LogP contribution in [-0.2, 0) is 6.42 Å². The topological polar surface area (TPSA) is 12.0 Å². The first-order chi connectivity index (χ1) is 7.36. The van der Waals surface area contributed by atoms with Gasteiger partial charge in [-0.05, 0) is 38.3 Å². The minimum atomic E-state index is 0.614. The normalized spacial score (nSPS) is 12.3. The lowest BCUT2D eigenvalue weighted by Gasteiger charge is -2.14. The van der Waals surface area contributed by atoms with E-state index < -0.39 is 0 Å². The lowest BCUT2D eigenvalue weighted by atomic mass is 10.0. The SMILES string of the molecule is C=CCCC(CCc1ccccc1)NC. The lowest BCUT2D eigenvalue weighted by molar-refractivity contribution is 0.493. The molecule has 1 atom stereocenters. The first-order valence-electron chi connectivity index (χ1n) is 5.69. The van der Waals surface area contributed by atoms with Crippen LogP contribution < -0.4 is 5.32 Å². The zero-order valence-corrected chi connectivity index (χ0v) is 9.58. The predicted octanol–water partition coefficient (Wildman–Crippen LogP) is 3.17. The third-order valence-corrected chi connectivity index (χ3v) is 2.75. The lowest BCUT2D eigenvalue weighted by Crippen LogP contribution is -2.25. The number of hydrogen-bond acceptors (Lipinski definition) is 1. The Bertz CT molecular complexity index is 266. The highest BCUT2D eigenvalue weighted by molar-refractivity contribution is 5.14. The number of aryl methyl sites for hydroxylation is 1. The molecule has 1 nitrogen and oxygen atoms in total. The summed E-state index contributed by atoms with van der Waals surface area (Å²) in [5.74, 6) is 0. The fourth-order valence-electron chi connectivity index (χ4n) is 1.74. The van der Waals surface area contributed by atoms with Crippen molar-refractivity contribution in [2.45, 2.75) is 31.7 Å². The van der Waals surface area contributed by atoms with Crippen LogP contribution in [0.15, 0.2) is 43.0 Å². The number of benzene rings is 1. The Morgan fingerprint density at radius 1 is 1.27 bits per heavy atom. The van der Waals surface area contributed by atoms with E-state index in [2.05, 4.69) is 42.2 Å². The van der Waals surface area contributed by atoms with Crippen molar-refractivity contribution in [3.63, 3.8) is 0 Å². The maximum Gasteiger partial charge on any atom is 0.00701 e. The first kappa shape index (κ1) is 12.0. The van der Waals surface area contributed by atoms with Gasteiger partial charge in [-0.3, -0.25) is 0 Å². The van der Waals surface area contributed by atoms with E-state index in [0.29, 0.717) is 6.04 Å². The van der Waals surface area contributed by atoms with Crippen molar-refractivity contribution in [3.8, 4) is 0 Å². The van der Waals surface area contributed by atoms with Crippen molar-refractivity contribution in [2.24, 2.45) is 0 Å². The predicted molar refractivity (Wildman–Crippen MR) is 67.0 cm³/mol. The Hall–Kier alpha value is -1.08. The summed E-state index contributed by atoms with van der Waals surface area (Å²) in [7, 11) is 2.04. The standard InChI is InChI=1S/C14H21N/c1-3-4-10-14(15-2)12-11-13-8-6-5-7-9-13/h3,5-9,14-15H,1,4,10-12H2,2H3. The van der Waals surface area contributed by atoms with Gasteiger partial charge in [0.25, 0.3) is 0 Å². The van der Waals surface area contributed by atoms with Crippen LogP contribution in [0.5, 0.6) is 0 Å². The average Bonchev–Trinajstić information content (AvgIpc) is 2.31. The van der Waals surface area contributed by atoms with Crippen LogP contribution in [0.3, 0.4) is 0 Å². The smallest absolute Gasteiger partial charge is 0.00701 e. The van der Waals surface area contributed by atoms with E-state index in [4.69, 9.17) is 0 Å². The largest absolute Gasteiger partial charge is 0.317 e. The Labute approximate surface area is 93.2 Å². The van der Waals surface area contributed by atoms with Crippen molar-refractivity contribution in [1.29, 1.82) is 0 Å².